The van der Waals surface area contributed by atoms with Gasteiger partial charge in [0.25, 0.3) is 5.91 Å². The van der Waals surface area contributed by atoms with Crippen molar-refractivity contribution in [3.63, 3.8) is 0 Å². The summed E-state index contributed by atoms with van der Waals surface area (Å²) in [6, 6.07) is 1.69. The van der Waals surface area contributed by atoms with E-state index in [0.29, 0.717) is 10.7 Å². The van der Waals surface area contributed by atoms with Gasteiger partial charge in [-0.2, -0.15) is 0 Å². The molecule has 0 atom stereocenters. The lowest BCUT2D eigenvalue weighted by Gasteiger charge is -2.15. The predicted octanol–water partition coefficient (Wildman–Crippen LogP) is 1.93. The Hall–Kier alpha value is -1.13. The van der Waals surface area contributed by atoms with Crippen molar-refractivity contribution in [2.75, 3.05) is 14.2 Å². The van der Waals surface area contributed by atoms with Crippen molar-refractivity contribution in [3.05, 3.63) is 28.5 Å². The molecule has 0 saturated carbocycles. The highest BCUT2D eigenvalue weighted by atomic mass is 35.5. The number of carbonyl (C=O) groups excluding carboxylic acids is 1. The van der Waals surface area contributed by atoms with E-state index in [-0.39, 0.29) is 5.91 Å². The normalized spacial score (nSPS) is 10.1. The minimum atomic E-state index is -0.224. The zero-order valence-electron chi connectivity index (χ0n) is 8.95. The monoisotopic (exact) mass is 228 g/mol. The summed E-state index contributed by atoms with van der Waals surface area (Å²) < 4.78 is 0. The Morgan fingerprint density at radius 3 is 2.87 bits per heavy atom. The van der Waals surface area contributed by atoms with Gasteiger partial charge < -0.3 is 0 Å². The van der Waals surface area contributed by atoms with Crippen LogP contribution in [0.1, 0.15) is 22.8 Å². The van der Waals surface area contributed by atoms with E-state index in [2.05, 4.69) is 4.98 Å². The number of amides is 1. The van der Waals surface area contributed by atoms with Gasteiger partial charge in [-0.05, 0) is 18.1 Å². The molecule has 82 valence electrons. The van der Waals surface area contributed by atoms with Crippen LogP contribution in [0.5, 0.6) is 0 Å². The standard InChI is InChI=1S/C10H13ClN2O2/c1-4-7-5-9(11)12-6-8(7)10(14)13(2)15-3/h5-6H,4H2,1-3H3. The van der Waals surface area contributed by atoms with Gasteiger partial charge in [0, 0.05) is 13.2 Å². The van der Waals surface area contributed by atoms with Crippen LogP contribution in [0.4, 0.5) is 0 Å². The molecule has 0 radical (unpaired) electrons. The third-order valence-electron chi connectivity index (χ3n) is 2.13. The number of hydrogen-bond acceptors (Lipinski definition) is 3. The predicted molar refractivity (Wildman–Crippen MR) is 57.7 cm³/mol. The van der Waals surface area contributed by atoms with E-state index in [4.69, 9.17) is 16.4 Å². The first-order valence-electron chi connectivity index (χ1n) is 4.56. The van der Waals surface area contributed by atoms with Crippen LogP contribution in [-0.4, -0.2) is 30.1 Å². The van der Waals surface area contributed by atoms with Crippen LogP contribution in [0, 0.1) is 0 Å². The molecule has 1 heterocycles. The summed E-state index contributed by atoms with van der Waals surface area (Å²) in [7, 11) is 2.99. The molecule has 0 fully saturated rings. The number of pyridine rings is 1. The van der Waals surface area contributed by atoms with E-state index in [1.165, 1.54) is 13.3 Å². The summed E-state index contributed by atoms with van der Waals surface area (Å²) >= 11 is 5.75. The molecular weight excluding hydrogens is 216 g/mol. The van der Waals surface area contributed by atoms with Gasteiger partial charge in [-0.1, -0.05) is 18.5 Å². The molecule has 15 heavy (non-hydrogen) atoms. The van der Waals surface area contributed by atoms with E-state index in [1.54, 1.807) is 13.1 Å². The second kappa shape index (κ2) is 5.09. The number of rotatable bonds is 3. The van der Waals surface area contributed by atoms with Gasteiger partial charge >= 0.3 is 0 Å². The molecule has 4 nitrogen and oxygen atoms in total. The smallest absolute Gasteiger partial charge is 0.274 e. The fourth-order valence-electron chi connectivity index (χ4n) is 1.21. The summed E-state index contributed by atoms with van der Waals surface area (Å²) in [5.41, 5.74) is 1.38. The molecule has 0 saturated heterocycles. The van der Waals surface area contributed by atoms with E-state index < -0.39 is 0 Å². The Balaban J connectivity index is 3.08. The lowest BCUT2D eigenvalue weighted by Crippen LogP contribution is -2.26. The van der Waals surface area contributed by atoms with Crippen molar-refractivity contribution < 1.29 is 9.63 Å². The first-order chi connectivity index (χ1) is 7.10. The van der Waals surface area contributed by atoms with Crippen LogP contribution in [0.15, 0.2) is 12.3 Å². The average molecular weight is 229 g/mol. The second-order valence-electron chi connectivity index (χ2n) is 3.00. The molecule has 1 aromatic heterocycles. The maximum absolute atomic E-state index is 11.8. The van der Waals surface area contributed by atoms with Crippen LogP contribution in [0.2, 0.25) is 5.15 Å². The fourth-order valence-corrected chi connectivity index (χ4v) is 1.39. The van der Waals surface area contributed by atoms with E-state index in [9.17, 15) is 4.79 Å². The van der Waals surface area contributed by atoms with Crippen molar-refractivity contribution in [2.24, 2.45) is 0 Å². The van der Waals surface area contributed by atoms with Gasteiger partial charge in [-0.15, -0.1) is 0 Å². The number of aromatic nitrogens is 1. The highest BCUT2D eigenvalue weighted by Crippen LogP contribution is 2.15. The lowest BCUT2D eigenvalue weighted by atomic mass is 10.1. The van der Waals surface area contributed by atoms with Crippen LogP contribution < -0.4 is 0 Å². The summed E-state index contributed by atoms with van der Waals surface area (Å²) in [5, 5.41) is 1.55. The van der Waals surface area contributed by atoms with Gasteiger partial charge in [0.15, 0.2) is 0 Å². The van der Waals surface area contributed by atoms with Crippen LogP contribution >= 0.6 is 11.6 Å². The van der Waals surface area contributed by atoms with Crippen molar-refractivity contribution in [2.45, 2.75) is 13.3 Å². The molecule has 0 spiro atoms. The first-order valence-corrected chi connectivity index (χ1v) is 4.94. The maximum Gasteiger partial charge on any atom is 0.278 e. The van der Waals surface area contributed by atoms with E-state index in [0.717, 1.165) is 17.0 Å². The van der Waals surface area contributed by atoms with Gasteiger partial charge in [0.1, 0.15) is 5.15 Å². The first kappa shape index (κ1) is 11.9. The largest absolute Gasteiger partial charge is 0.278 e. The highest BCUT2D eigenvalue weighted by Gasteiger charge is 2.15. The van der Waals surface area contributed by atoms with Crippen LogP contribution in [0.3, 0.4) is 0 Å². The molecule has 1 amide bonds. The Morgan fingerprint density at radius 2 is 2.33 bits per heavy atom. The Bertz CT molecular complexity index is 368. The molecule has 1 rings (SSSR count). The fraction of sp³-hybridized carbons (Fsp3) is 0.400. The molecule has 0 bridgehead atoms. The minimum Gasteiger partial charge on any atom is -0.274 e. The minimum absolute atomic E-state index is 0.224. The summed E-state index contributed by atoms with van der Waals surface area (Å²) in [6.45, 7) is 1.95. The molecule has 0 unspecified atom stereocenters. The SMILES string of the molecule is CCc1cc(Cl)ncc1C(=O)N(C)OC. The summed E-state index contributed by atoms with van der Waals surface area (Å²) in [4.78, 5) is 20.5. The number of carbonyl (C=O) groups is 1. The maximum atomic E-state index is 11.8. The average Bonchev–Trinajstić information content (AvgIpc) is 2.26. The number of hydroxylamine groups is 2. The highest BCUT2D eigenvalue weighted by molar-refractivity contribution is 6.29. The Labute approximate surface area is 93.8 Å². The zero-order valence-corrected chi connectivity index (χ0v) is 9.71. The van der Waals surface area contributed by atoms with E-state index in [1.807, 2.05) is 6.92 Å². The molecule has 1 aromatic rings. The molecule has 0 aliphatic heterocycles. The third-order valence-corrected chi connectivity index (χ3v) is 2.33. The zero-order chi connectivity index (χ0) is 11.4. The molecule has 5 heteroatoms. The molecule has 0 N–H and O–H groups in total. The molecule has 0 aromatic carbocycles. The van der Waals surface area contributed by atoms with Crippen molar-refractivity contribution >= 4 is 17.5 Å². The molecular formula is C10H13ClN2O2. The van der Waals surface area contributed by atoms with Crippen molar-refractivity contribution in [3.8, 4) is 0 Å². The van der Waals surface area contributed by atoms with Crippen molar-refractivity contribution in [1.82, 2.24) is 10.0 Å². The van der Waals surface area contributed by atoms with Gasteiger partial charge in [-0.3, -0.25) is 9.63 Å². The number of aryl methyl sites for hydroxylation is 1. The number of halogens is 1. The van der Waals surface area contributed by atoms with Gasteiger partial charge in [0.05, 0.1) is 12.7 Å². The lowest BCUT2D eigenvalue weighted by molar-refractivity contribution is -0.0757. The van der Waals surface area contributed by atoms with Crippen LogP contribution in [0.25, 0.3) is 0 Å². The van der Waals surface area contributed by atoms with Crippen molar-refractivity contribution in [1.29, 1.82) is 0 Å². The molecule has 0 aliphatic carbocycles. The summed E-state index contributed by atoms with van der Waals surface area (Å²) in [5.74, 6) is -0.224. The van der Waals surface area contributed by atoms with Crippen LogP contribution in [-0.2, 0) is 11.3 Å². The van der Waals surface area contributed by atoms with Gasteiger partial charge in [0.2, 0.25) is 0 Å². The molecule has 0 aliphatic rings. The third kappa shape index (κ3) is 2.67. The Kier molecular flexibility index (Phi) is 4.05. The summed E-state index contributed by atoms with van der Waals surface area (Å²) in [6.07, 6.45) is 2.19. The quantitative estimate of drug-likeness (QED) is 0.587. The Morgan fingerprint density at radius 1 is 1.67 bits per heavy atom. The number of hydrogen-bond donors (Lipinski definition) is 0. The second-order valence-corrected chi connectivity index (χ2v) is 3.39. The van der Waals surface area contributed by atoms with E-state index >= 15 is 0 Å². The topological polar surface area (TPSA) is 42.4 Å². The number of nitrogens with zero attached hydrogens (tertiary/aromatic N) is 2. The van der Waals surface area contributed by atoms with Gasteiger partial charge in [-0.25, -0.2) is 10.0 Å².